The monoisotopic (exact) mass is 222 g/mol. The number of nitrogens with zero attached hydrogens (tertiary/aromatic N) is 1. The lowest BCUT2D eigenvalue weighted by Gasteiger charge is -2.06. The number of nitrogen functional groups attached to an aromatic ring is 1. The zero-order valence-corrected chi connectivity index (χ0v) is 7.45. The Morgan fingerprint density at radius 1 is 1.50 bits per heavy atom. The Balaban J connectivity index is 0.000000292. The zero-order chi connectivity index (χ0) is 11.4. The summed E-state index contributed by atoms with van der Waals surface area (Å²) in [5.74, 6) is -0.358. The molecule has 1 rings (SSSR count). The molecule has 0 aliphatic heterocycles. The second-order valence-electron chi connectivity index (χ2n) is 1.97. The average molecular weight is 222 g/mol. The summed E-state index contributed by atoms with van der Waals surface area (Å²) < 4.78 is 34.1. The van der Waals surface area contributed by atoms with E-state index < -0.39 is 16.3 Å². The quantitative estimate of drug-likeness (QED) is 0.354. The molecule has 5 N–H and O–H groups in total. The van der Waals surface area contributed by atoms with Crippen LogP contribution in [0.2, 0.25) is 0 Å². The van der Waals surface area contributed by atoms with Gasteiger partial charge in [-0.1, -0.05) is 0 Å². The van der Waals surface area contributed by atoms with Crippen LogP contribution in [0.25, 0.3) is 0 Å². The molecule has 0 unspecified atom stereocenters. The molecule has 0 saturated heterocycles. The lowest BCUT2D eigenvalue weighted by molar-refractivity contribution is 0.100. The van der Waals surface area contributed by atoms with Gasteiger partial charge in [0.05, 0.1) is 6.20 Å². The van der Waals surface area contributed by atoms with E-state index in [1.54, 1.807) is 0 Å². The SMILES string of the molecule is NC(=O)c1cn[nH]c1N.O=S(=O)([O-])[O-]. The van der Waals surface area contributed by atoms with E-state index in [0.717, 1.165) is 0 Å². The van der Waals surface area contributed by atoms with Gasteiger partial charge in [0.25, 0.3) is 5.91 Å². The van der Waals surface area contributed by atoms with E-state index in [1.807, 2.05) is 0 Å². The molecule has 9 nitrogen and oxygen atoms in total. The number of amides is 1. The number of anilines is 1. The minimum atomic E-state index is -5.17. The summed E-state index contributed by atoms with van der Waals surface area (Å²) in [6.07, 6.45) is 1.29. The van der Waals surface area contributed by atoms with E-state index in [9.17, 15) is 4.79 Å². The van der Waals surface area contributed by atoms with Crippen molar-refractivity contribution in [2.75, 3.05) is 5.73 Å². The summed E-state index contributed by atoms with van der Waals surface area (Å²) in [6.45, 7) is 0. The molecule has 0 bridgehead atoms. The molecule has 0 aliphatic rings. The van der Waals surface area contributed by atoms with Gasteiger partial charge in [-0.15, -0.1) is 0 Å². The van der Waals surface area contributed by atoms with E-state index in [0.29, 0.717) is 0 Å². The van der Waals surface area contributed by atoms with Crippen LogP contribution in [-0.4, -0.2) is 33.6 Å². The Kier molecular flexibility index (Phi) is 4.01. The highest BCUT2D eigenvalue weighted by Gasteiger charge is 2.05. The van der Waals surface area contributed by atoms with Crippen molar-refractivity contribution in [3.8, 4) is 0 Å². The van der Waals surface area contributed by atoms with E-state index in [4.69, 9.17) is 29.0 Å². The molecular weight excluding hydrogens is 216 g/mol. The normalized spacial score (nSPS) is 10.1. The van der Waals surface area contributed by atoms with Crippen LogP contribution in [0.4, 0.5) is 5.82 Å². The molecule has 1 aromatic rings. The van der Waals surface area contributed by atoms with Crippen LogP contribution in [0.15, 0.2) is 6.20 Å². The molecule has 1 heterocycles. The minimum absolute atomic E-state index is 0.211. The topological polar surface area (TPSA) is 178 Å². The standard InChI is InChI=1S/C4H6N4O.H2O4S/c5-3-2(4(6)9)1-7-8-3;1-5(2,3)4/h1H,(H2,6,9)(H3,5,7,8);(H2,1,2,3,4)/p-2. The van der Waals surface area contributed by atoms with E-state index >= 15 is 0 Å². The maximum Gasteiger partial charge on any atom is 0.254 e. The molecular formula is C4H6N4O5S-2. The third kappa shape index (κ3) is 5.93. The van der Waals surface area contributed by atoms with Crippen LogP contribution < -0.4 is 11.5 Å². The van der Waals surface area contributed by atoms with Crippen LogP contribution in [0, 0.1) is 0 Å². The van der Waals surface area contributed by atoms with Crippen LogP contribution in [0.5, 0.6) is 0 Å². The first-order chi connectivity index (χ1) is 6.22. The lowest BCUT2D eigenvalue weighted by Crippen LogP contribution is -2.11. The fraction of sp³-hybridized carbons (Fsp3) is 0. The molecule has 0 aliphatic carbocycles. The van der Waals surface area contributed by atoms with E-state index in [2.05, 4.69) is 10.2 Å². The number of primary amides is 1. The van der Waals surface area contributed by atoms with Gasteiger partial charge in [0.1, 0.15) is 11.4 Å². The number of H-pyrrole nitrogens is 1. The number of rotatable bonds is 1. The van der Waals surface area contributed by atoms with E-state index in [1.165, 1.54) is 6.20 Å². The Morgan fingerprint density at radius 3 is 2.07 bits per heavy atom. The maximum atomic E-state index is 10.4. The number of nitrogens with one attached hydrogen (secondary N) is 1. The van der Waals surface area contributed by atoms with Crippen LogP contribution >= 0.6 is 0 Å². The van der Waals surface area contributed by atoms with Crippen molar-refractivity contribution in [1.82, 2.24) is 10.2 Å². The highest BCUT2D eigenvalue weighted by molar-refractivity contribution is 7.79. The van der Waals surface area contributed by atoms with Gasteiger partial charge in [-0.2, -0.15) is 5.10 Å². The molecule has 0 atom stereocenters. The summed E-state index contributed by atoms with van der Waals surface area (Å²) in [5, 5.41) is 5.87. The first kappa shape index (κ1) is 12.3. The second-order valence-corrected chi connectivity index (χ2v) is 2.79. The maximum absolute atomic E-state index is 10.4. The highest BCUT2D eigenvalue weighted by Crippen LogP contribution is 2.02. The smallest absolute Gasteiger partial charge is 0.254 e. The molecule has 0 fully saturated rings. The highest BCUT2D eigenvalue weighted by atomic mass is 32.3. The van der Waals surface area contributed by atoms with Gasteiger partial charge in [-0.25, -0.2) is 0 Å². The van der Waals surface area contributed by atoms with Crippen molar-refractivity contribution in [2.45, 2.75) is 0 Å². The van der Waals surface area contributed by atoms with E-state index in [-0.39, 0.29) is 11.4 Å². The first-order valence-corrected chi connectivity index (χ1v) is 4.30. The fourth-order valence-corrected chi connectivity index (χ4v) is 0.492. The van der Waals surface area contributed by atoms with Gasteiger partial charge < -0.3 is 20.6 Å². The molecule has 80 valence electrons. The molecule has 0 aromatic carbocycles. The van der Waals surface area contributed by atoms with Crippen molar-refractivity contribution in [1.29, 1.82) is 0 Å². The molecule has 0 saturated carbocycles. The summed E-state index contributed by atoms with van der Waals surface area (Å²) in [6, 6.07) is 0. The molecule has 10 heteroatoms. The number of aromatic amines is 1. The summed E-state index contributed by atoms with van der Waals surface area (Å²) in [5.41, 5.74) is 10.3. The lowest BCUT2D eigenvalue weighted by atomic mass is 10.3. The predicted octanol–water partition coefficient (Wildman–Crippen LogP) is -2.25. The van der Waals surface area contributed by atoms with Crippen molar-refractivity contribution in [3.63, 3.8) is 0 Å². The Morgan fingerprint density at radius 2 is 1.93 bits per heavy atom. The third-order valence-electron chi connectivity index (χ3n) is 0.934. The van der Waals surface area contributed by atoms with Gasteiger partial charge in [0, 0.05) is 10.4 Å². The molecule has 1 aromatic heterocycles. The van der Waals surface area contributed by atoms with Gasteiger partial charge in [-0.3, -0.25) is 18.3 Å². The molecule has 0 spiro atoms. The average Bonchev–Trinajstić information content (AvgIpc) is 2.30. The predicted molar refractivity (Wildman–Crippen MR) is 42.0 cm³/mol. The second kappa shape index (κ2) is 4.55. The number of carbonyl (C=O) groups is 1. The van der Waals surface area contributed by atoms with Gasteiger partial charge >= 0.3 is 0 Å². The van der Waals surface area contributed by atoms with Gasteiger partial charge in [0.15, 0.2) is 0 Å². The molecule has 14 heavy (non-hydrogen) atoms. The summed E-state index contributed by atoms with van der Waals surface area (Å²) in [4.78, 5) is 10.4. The van der Waals surface area contributed by atoms with Crippen LogP contribution in [-0.2, 0) is 10.4 Å². The van der Waals surface area contributed by atoms with Crippen LogP contribution in [0.3, 0.4) is 0 Å². The number of aromatic nitrogens is 2. The van der Waals surface area contributed by atoms with Crippen LogP contribution in [0.1, 0.15) is 10.4 Å². The number of nitrogens with two attached hydrogens (primary N) is 2. The van der Waals surface area contributed by atoms with Crippen molar-refractivity contribution < 1.29 is 22.3 Å². The number of hydrogen-bond donors (Lipinski definition) is 3. The third-order valence-corrected chi connectivity index (χ3v) is 0.934. The number of carbonyl (C=O) groups excluding carboxylic acids is 1. The first-order valence-electron chi connectivity index (χ1n) is 2.97. The molecule has 1 amide bonds. The summed E-state index contributed by atoms with van der Waals surface area (Å²) >= 11 is 0. The Labute approximate surface area is 78.7 Å². The fourth-order valence-electron chi connectivity index (χ4n) is 0.492. The number of hydrogen-bond acceptors (Lipinski definition) is 7. The van der Waals surface area contributed by atoms with Gasteiger partial charge in [0.2, 0.25) is 0 Å². The minimum Gasteiger partial charge on any atom is -0.759 e. The van der Waals surface area contributed by atoms with Crippen molar-refractivity contribution in [3.05, 3.63) is 11.8 Å². The van der Waals surface area contributed by atoms with Crippen molar-refractivity contribution in [2.24, 2.45) is 5.73 Å². The Hall–Kier alpha value is -1.65. The zero-order valence-electron chi connectivity index (χ0n) is 6.63. The Bertz CT molecular complexity index is 401. The van der Waals surface area contributed by atoms with Gasteiger partial charge in [-0.05, 0) is 0 Å². The summed E-state index contributed by atoms with van der Waals surface area (Å²) in [7, 11) is -5.17. The van der Waals surface area contributed by atoms with Crippen molar-refractivity contribution >= 4 is 22.1 Å². The largest absolute Gasteiger partial charge is 0.759 e. The molecule has 0 radical (unpaired) electrons.